The van der Waals surface area contributed by atoms with Gasteiger partial charge in [0.1, 0.15) is 17.2 Å². The van der Waals surface area contributed by atoms with Gasteiger partial charge in [-0.15, -0.1) is 23.8 Å². The van der Waals surface area contributed by atoms with Crippen molar-refractivity contribution in [3.8, 4) is 5.75 Å². The van der Waals surface area contributed by atoms with Gasteiger partial charge in [0.25, 0.3) is 11.8 Å². The number of hydrazine groups is 2. The van der Waals surface area contributed by atoms with Crippen molar-refractivity contribution in [3.05, 3.63) is 52.6 Å². The van der Waals surface area contributed by atoms with E-state index < -0.39 is 40.5 Å². The second-order valence-electron chi connectivity index (χ2n) is 5.84. The van der Waals surface area contributed by atoms with Crippen LogP contribution < -0.4 is 26.4 Å². The van der Waals surface area contributed by atoms with Crippen molar-refractivity contribution in [2.75, 3.05) is 12.4 Å². The number of amides is 2. The number of hydrazone groups is 1. The third kappa shape index (κ3) is 5.29. The van der Waals surface area contributed by atoms with Crippen molar-refractivity contribution in [1.29, 1.82) is 0 Å². The van der Waals surface area contributed by atoms with E-state index in [0.717, 1.165) is 30.5 Å². The summed E-state index contributed by atoms with van der Waals surface area (Å²) in [6.07, 6.45) is -4.37. The summed E-state index contributed by atoms with van der Waals surface area (Å²) in [5, 5.41) is 8.96. The Morgan fingerprint density at radius 2 is 1.90 bits per heavy atom. The molecule has 10 nitrogen and oxygen atoms in total. The van der Waals surface area contributed by atoms with E-state index in [-0.39, 0.29) is 17.2 Å². The third-order valence-corrected chi connectivity index (χ3v) is 4.09. The smallest absolute Gasteiger partial charge is 0.404 e. The second-order valence-corrected chi connectivity index (χ2v) is 6.21. The van der Waals surface area contributed by atoms with Crippen LogP contribution in [0.3, 0.4) is 0 Å². The Morgan fingerprint density at radius 3 is 2.48 bits per heavy atom. The van der Waals surface area contributed by atoms with Gasteiger partial charge in [-0.2, -0.15) is 0 Å². The summed E-state index contributed by atoms with van der Waals surface area (Å²) in [6, 6.07) is 3.72. The van der Waals surface area contributed by atoms with Crippen LogP contribution in [-0.2, 0) is 0 Å². The maximum absolute atomic E-state index is 13.0. The topological polar surface area (TPSA) is 120 Å². The minimum absolute atomic E-state index is 0.0396. The van der Waals surface area contributed by atoms with Crippen LogP contribution >= 0.6 is 11.6 Å². The quantitative estimate of drug-likeness (QED) is 0.514. The average molecular weight is 462 g/mol. The van der Waals surface area contributed by atoms with E-state index in [9.17, 15) is 27.2 Å². The van der Waals surface area contributed by atoms with Crippen LogP contribution in [0.2, 0.25) is 5.02 Å². The predicted molar refractivity (Wildman–Crippen MR) is 99.2 cm³/mol. The normalized spacial score (nSPS) is 13.4. The standard InChI is InChI=1S/C16H12ClF4N7O3/c1-28-15(25-26-27-28)24-13(29)8-3-5-10(31-16(19,20)21)12(11(8)17)23-14(30)9-4-2-7(18)6-22-9/h2-6,26-27H,1H3,(H,23,30)(H,24,25,29). The molecule has 2 heterocycles. The lowest BCUT2D eigenvalue weighted by Crippen LogP contribution is -2.45. The SMILES string of the molecule is CN1NNN=C1NC(=O)c1ccc(OC(F)(F)F)c(NC(=O)c2ccc(F)cn2)c1Cl. The number of rotatable bonds is 4. The highest BCUT2D eigenvalue weighted by atomic mass is 35.5. The number of guanidine groups is 1. The zero-order chi connectivity index (χ0) is 22.8. The first kappa shape index (κ1) is 22.0. The molecule has 2 amide bonds. The molecule has 4 N–H and O–H groups in total. The number of carbonyl (C=O) groups excluding carboxylic acids is 2. The van der Waals surface area contributed by atoms with Gasteiger partial charge in [0.05, 0.1) is 16.8 Å². The second kappa shape index (κ2) is 8.61. The van der Waals surface area contributed by atoms with Gasteiger partial charge < -0.3 is 10.1 Å². The molecule has 0 spiro atoms. The summed E-state index contributed by atoms with van der Waals surface area (Å²) in [5.74, 6) is -3.41. The molecule has 0 saturated heterocycles. The number of hydrogen-bond acceptors (Lipinski definition) is 8. The average Bonchev–Trinajstić information content (AvgIpc) is 3.08. The maximum Gasteiger partial charge on any atom is 0.573 e. The van der Waals surface area contributed by atoms with Gasteiger partial charge in [-0.05, 0) is 24.3 Å². The van der Waals surface area contributed by atoms with Gasteiger partial charge in [-0.25, -0.2) is 14.9 Å². The number of ether oxygens (including phenoxy) is 1. The molecule has 0 atom stereocenters. The summed E-state index contributed by atoms with van der Waals surface area (Å²) in [4.78, 5) is 28.4. The summed E-state index contributed by atoms with van der Waals surface area (Å²) >= 11 is 6.13. The number of nitrogens with one attached hydrogen (secondary N) is 4. The molecule has 15 heteroatoms. The molecule has 0 fully saturated rings. The van der Waals surface area contributed by atoms with E-state index in [1.165, 1.54) is 12.1 Å². The van der Waals surface area contributed by atoms with Crippen molar-refractivity contribution < 1.29 is 31.9 Å². The van der Waals surface area contributed by atoms with Gasteiger partial charge in [0, 0.05) is 7.05 Å². The molecule has 0 unspecified atom stereocenters. The van der Waals surface area contributed by atoms with Gasteiger partial charge in [-0.3, -0.25) is 19.9 Å². The number of halogens is 5. The first-order valence-corrected chi connectivity index (χ1v) is 8.57. The highest BCUT2D eigenvalue weighted by molar-refractivity contribution is 6.37. The molecular weight excluding hydrogens is 450 g/mol. The van der Waals surface area contributed by atoms with Gasteiger partial charge in [0.2, 0.25) is 5.96 Å². The van der Waals surface area contributed by atoms with Gasteiger partial charge in [-0.1, -0.05) is 11.6 Å². The number of nitrogens with zero attached hydrogens (tertiary/aromatic N) is 3. The van der Waals surface area contributed by atoms with Crippen molar-refractivity contribution in [1.82, 2.24) is 26.4 Å². The Balaban J connectivity index is 1.95. The third-order valence-electron chi connectivity index (χ3n) is 3.70. The first-order chi connectivity index (χ1) is 14.5. The van der Waals surface area contributed by atoms with E-state index in [2.05, 4.69) is 36.5 Å². The molecule has 0 saturated carbocycles. The minimum Gasteiger partial charge on any atom is -0.404 e. The fourth-order valence-corrected chi connectivity index (χ4v) is 2.60. The van der Waals surface area contributed by atoms with Crippen molar-refractivity contribution in [3.63, 3.8) is 0 Å². The van der Waals surface area contributed by atoms with Crippen LogP contribution in [0.1, 0.15) is 20.8 Å². The van der Waals surface area contributed by atoms with Crippen LogP contribution in [0.5, 0.6) is 5.75 Å². The van der Waals surface area contributed by atoms with Crippen molar-refractivity contribution in [2.24, 2.45) is 5.10 Å². The lowest BCUT2D eigenvalue weighted by molar-refractivity contribution is -0.274. The number of aromatic nitrogens is 1. The highest BCUT2D eigenvalue weighted by Gasteiger charge is 2.34. The van der Waals surface area contributed by atoms with E-state index in [1.54, 1.807) is 0 Å². The maximum atomic E-state index is 13.0. The number of benzene rings is 1. The largest absolute Gasteiger partial charge is 0.573 e. The molecule has 0 aliphatic carbocycles. The summed E-state index contributed by atoms with van der Waals surface area (Å²) < 4.78 is 55.2. The van der Waals surface area contributed by atoms with E-state index >= 15 is 0 Å². The highest BCUT2D eigenvalue weighted by Crippen LogP contribution is 2.38. The van der Waals surface area contributed by atoms with Gasteiger partial charge >= 0.3 is 6.36 Å². The Morgan fingerprint density at radius 1 is 1.16 bits per heavy atom. The predicted octanol–water partition coefficient (Wildman–Crippen LogP) is 1.98. The minimum atomic E-state index is -5.11. The molecule has 1 aromatic heterocycles. The van der Waals surface area contributed by atoms with E-state index in [4.69, 9.17) is 11.6 Å². The summed E-state index contributed by atoms with van der Waals surface area (Å²) in [7, 11) is 1.52. The van der Waals surface area contributed by atoms with E-state index in [0.29, 0.717) is 0 Å². The summed E-state index contributed by atoms with van der Waals surface area (Å²) in [5.41, 5.74) is 3.66. The van der Waals surface area contributed by atoms with Crippen LogP contribution in [0.25, 0.3) is 0 Å². The molecule has 164 valence electrons. The van der Waals surface area contributed by atoms with Crippen LogP contribution in [0, 0.1) is 5.82 Å². The first-order valence-electron chi connectivity index (χ1n) is 8.19. The molecule has 1 aliphatic heterocycles. The van der Waals surface area contributed by atoms with E-state index in [1.807, 2.05) is 0 Å². The monoisotopic (exact) mass is 461 g/mol. The Labute approximate surface area is 176 Å². The fourth-order valence-electron chi connectivity index (χ4n) is 2.31. The van der Waals surface area contributed by atoms with Crippen molar-refractivity contribution in [2.45, 2.75) is 6.36 Å². The number of pyridine rings is 1. The lowest BCUT2D eigenvalue weighted by atomic mass is 10.1. The van der Waals surface area contributed by atoms with Crippen molar-refractivity contribution >= 4 is 35.1 Å². The van der Waals surface area contributed by atoms with Crippen LogP contribution in [0.15, 0.2) is 35.6 Å². The number of carbonyl (C=O) groups is 2. The molecule has 1 aliphatic rings. The number of hydrogen-bond donors (Lipinski definition) is 4. The molecule has 0 bridgehead atoms. The Kier molecular flexibility index (Phi) is 6.12. The molecule has 0 radical (unpaired) electrons. The molecule has 3 rings (SSSR count). The molecule has 31 heavy (non-hydrogen) atoms. The number of anilines is 1. The Bertz CT molecular complexity index is 1050. The molecule has 1 aromatic carbocycles. The lowest BCUT2D eigenvalue weighted by Gasteiger charge is -2.18. The summed E-state index contributed by atoms with van der Waals surface area (Å²) in [6.45, 7) is 0. The van der Waals surface area contributed by atoms with Crippen LogP contribution in [-0.4, -0.2) is 41.2 Å². The number of alkyl halides is 3. The van der Waals surface area contributed by atoms with Gasteiger partial charge in [0.15, 0.2) is 5.75 Å². The fraction of sp³-hybridized carbons (Fsp3) is 0.125. The zero-order valence-corrected chi connectivity index (χ0v) is 16.1. The molecular formula is C16H12ClF4N7O3. The molecule has 2 aromatic rings. The van der Waals surface area contributed by atoms with Crippen LogP contribution in [0.4, 0.5) is 23.2 Å². The zero-order valence-electron chi connectivity index (χ0n) is 15.3. The Hall–Kier alpha value is -3.65.